The third kappa shape index (κ3) is 3.21. The zero-order valence-electron chi connectivity index (χ0n) is 11.7. The Bertz CT molecular complexity index is 306. The van der Waals surface area contributed by atoms with Crippen molar-refractivity contribution in [2.24, 2.45) is 17.6 Å². The highest BCUT2D eigenvalue weighted by Gasteiger charge is 2.36. The summed E-state index contributed by atoms with van der Waals surface area (Å²) >= 11 is 1.99. The molecule has 1 heterocycles. The highest BCUT2D eigenvalue weighted by Crippen LogP contribution is 2.35. The van der Waals surface area contributed by atoms with Crippen LogP contribution in [0.3, 0.4) is 0 Å². The zero-order valence-corrected chi connectivity index (χ0v) is 12.5. The summed E-state index contributed by atoms with van der Waals surface area (Å²) in [6, 6.07) is 0. The molecule has 2 fully saturated rings. The molecule has 18 heavy (non-hydrogen) atoms. The van der Waals surface area contributed by atoms with Crippen LogP contribution in [-0.4, -0.2) is 40.9 Å². The first-order valence-electron chi connectivity index (χ1n) is 7.16. The number of nitrogens with zero attached hydrogens (tertiary/aromatic N) is 1. The molecule has 104 valence electrons. The largest absolute Gasteiger partial charge is 0.342 e. The molecular weight excluding hydrogens is 244 g/mol. The van der Waals surface area contributed by atoms with Crippen molar-refractivity contribution < 1.29 is 4.79 Å². The van der Waals surface area contributed by atoms with Crippen LogP contribution in [0.1, 0.15) is 39.5 Å². The van der Waals surface area contributed by atoms with Crippen LogP contribution in [0.15, 0.2) is 0 Å². The van der Waals surface area contributed by atoms with Gasteiger partial charge in [-0.15, -0.1) is 0 Å². The number of hydrogen-bond donors (Lipinski definition) is 1. The average molecular weight is 270 g/mol. The van der Waals surface area contributed by atoms with Crippen LogP contribution < -0.4 is 5.73 Å². The molecule has 1 aliphatic heterocycles. The molecule has 0 bridgehead atoms. The number of carbonyl (C=O) groups is 1. The van der Waals surface area contributed by atoms with Crippen molar-refractivity contribution in [2.45, 2.75) is 44.3 Å². The van der Waals surface area contributed by atoms with Crippen LogP contribution in [0, 0.1) is 11.8 Å². The van der Waals surface area contributed by atoms with Gasteiger partial charge < -0.3 is 10.6 Å². The van der Waals surface area contributed by atoms with E-state index in [1.807, 2.05) is 11.8 Å². The third-order valence-corrected chi connectivity index (χ3v) is 5.80. The molecule has 0 aromatic heterocycles. The average Bonchev–Trinajstić information content (AvgIpc) is 2.73. The van der Waals surface area contributed by atoms with Crippen LogP contribution in [0.2, 0.25) is 0 Å². The van der Waals surface area contributed by atoms with Gasteiger partial charge in [0.2, 0.25) is 5.91 Å². The molecule has 1 saturated carbocycles. The van der Waals surface area contributed by atoms with Gasteiger partial charge in [0.1, 0.15) is 0 Å². The number of hydrogen-bond acceptors (Lipinski definition) is 3. The SMILES string of the molecule is CC1(C)CCN(C(=O)C2CCCC2CN)CCS1. The Kier molecular flexibility index (Phi) is 4.59. The Morgan fingerprint density at radius 3 is 2.89 bits per heavy atom. The molecule has 1 saturated heterocycles. The summed E-state index contributed by atoms with van der Waals surface area (Å²) in [5.74, 6) is 2.09. The van der Waals surface area contributed by atoms with E-state index in [0.717, 1.165) is 38.1 Å². The highest BCUT2D eigenvalue weighted by molar-refractivity contribution is 8.00. The van der Waals surface area contributed by atoms with Gasteiger partial charge in [-0.25, -0.2) is 0 Å². The van der Waals surface area contributed by atoms with Crippen LogP contribution in [0.4, 0.5) is 0 Å². The van der Waals surface area contributed by atoms with Gasteiger partial charge in [-0.1, -0.05) is 20.3 Å². The summed E-state index contributed by atoms with van der Waals surface area (Å²) in [7, 11) is 0. The quantitative estimate of drug-likeness (QED) is 0.836. The summed E-state index contributed by atoms with van der Waals surface area (Å²) < 4.78 is 0.317. The molecular formula is C14H26N2OS. The van der Waals surface area contributed by atoms with Crippen LogP contribution in [0.25, 0.3) is 0 Å². The number of nitrogens with two attached hydrogens (primary N) is 1. The van der Waals surface area contributed by atoms with Crippen LogP contribution >= 0.6 is 11.8 Å². The van der Waals surface area contributed by atoms with E-state index >= 15 is 0 Å². The van der Waals surface area contributed by atoms with Crippen LogP contribution in [-0.2, 0) is 4.79 Å². The van der Waals surface area contributed by atoms with E-state index in [0.29, 0.717) is 23.1 Å². The molecule has 2 aliphatic rings. The van der Waals surface area contributed by atoms with Gasteiger partial charge in [-0.2, -0.15) is 11.8 Å². The lowest BCUT2D eigenvalue weighted by Crippen LogP contribution is -2.40. The molecule has 4 heteroatoms. The van der Waals surface area contributed by atoms with Crippen molar-refractivity contribution in [3.63, 3.8) is 0 Å². The van der Waals surface area contributed by atoms with Gasteiger partial charge in [-0.3, -0.25) is 4.79 Å². The molecule has 2 atom stereocenters. The van der Waals surface area contributed by atoms with Gasteiger partial charge in [-0.05, 0) is 31.7 Å². The fourth-order valence-electron chi connectivity index (χ4n) is 3.12. The smallest absolute Gasteiger partial charge is 0.226 e. The van der Waals surface area contributed by atoms with E-state index in [4.69, 9.17) is 5.73 Å². The second-order valence-corrected chi connectivity index (χ2v) is 8.02. The lowest BCUT2D eigenvalue weighted by atomic mass is 9.94. The predicted octanol–water partition coefficient (Wildman–Crippen LogP) is 2.11. The first-order valence-corrected chi connectivity index (χ1v) is 8.15. The van der Waals surface area contributed by atoms with Crippen molar-refractivity contribution in [3.05, 3.63) is 0 Å². The predicted molar refractivity (Wildman–Crippen MR) is 77.6 cm³/mol. The fourth-order valence-corrected chi connectivity index (χ4v) is 4.22. The standard InChI is InChI=1S/C14H26N2OS/c1-14(2)6-7-16(8-9-18-14)13(17)12-5-3-4-11(12)10-15/h11-12H,3-10,15H2,1-2H3. The maximum atomic E-state index is 12.6. The molecule has 2 N–H and O–H groups in total. The molecule has 0 aromatic rings. The van der Waals surface area contributed by atoms with E-state index in [9.17, 15) is 4.79 Å². The van der Waals surface area contributed by atoms with Crippen molar-refractivity contribution in [1.82, 2.24) is 4.90 Å². The van der Waals surface area contributed by atoms with Gasteiger partial charge in [0.25, 0.3) is 0 Å². The summed E-state index contributed by atoms with van der Waals surface area (Å²) in [5, 5.41) is 0. The fraction of sp³-hybridized carbons (Fsp3) is 0.929. The second kappa shape index (κ2) is 5.83. The van der Waals surface area contributed by atoms with E-state index in [1.165, 1.54) is 6.42 Å². The maximum Gasteiger partial charge on any atom is 0.226 e. The second-order valence-electron chi connectivity index (χ2n) is 6.22. The van der Waals surface area contributed by atoms with Gasteiger partial charge in [0.05, 0.1) is 0 Å². The number of carbonyl (C=O) groups excluding carboxylic acids is 1. The molecule has 0 radical (unpaired) electrons. The molecule has 2 unspecified atom stereocenters. The van der Waals surface area contributed by atoms with Gasteiger partial charge >= 0.3 is 0 Å². The molecule has 2 rings (SSSR count). The van der Waals surface area contributed by atoms with Crippen molar-refractivity contribution >= 4 is 17.7 Å². The Balaban J connectivity index is 1.96. The molecule has 0 aromatic carbocycles. The molecule has 1 aliphatic carbocycles. The Labute approximate surface area is 115 Å². The maximum absolute atomic E-state index is 12.6. The first kappa shape index (κ1) is 14.2. The highest BCUT2D eigenvalue weighted by atomic mass is 32.2. The molecule has 3 nitrogen and oxygen atoms in total. The summed E-state index contributed by atoms with van der Waals surface area (Å²) in [5.41, 5.74) is 5.79. The van der Waals surface area contributed by atoms with Crippen molar-refractivity contribution in [3.8, 4) is 0 Å². The Morgan fingerprint density at radius 1 is 1.39 bits per heavy atom. The lowest BCUT2D eigenvalue weighted by Gasteiger charge is -2.27. The monoisotopic (exact) mass is 270 g/mol. The number of thioether (sulfide) groups is 1. The summed E-state index contributed by atoms with van der Waals surface area (Å²) in [6.07, 6.45) is 4.46. The molecule has 1 amide bonds. The number of rotatable bonds is 2. The van der Waals surface area contributed by atoms with Gasteiger partial charge in [0.15, 0.2) is 0 Å². The number of amides is 1. The van der Waals surface area contributed by atoms with E-state index in [-0.39, 0.29) is 5.92 Å². The van der Waals surface area contributed by atoms with E-state index in [1.54, 1.807) is 0 Å². The minimum absolute atomic E-state index is 0.209. The van der Waals surface area contributed by atoms with Crippen molar-refractivity contribution in [2.75, 3.05) is 25.4 Å². The topological polar surface area (TPSA) is 46.3 Å². The van der Waals surface area contributed by atoms with E-state index in [2.05, 4.69) is 18.7 Å². The third-order valence-electron chi connectivity index (χ3n) is 4.43. The zero-order chi connectivity index (χ0) is 13.2. The Morgan fingerprint density at radius 2 is 2.17 bits per heavy atom. The summed E-state index contributed by atoms with van der Waals surface area (Å²) in [6.45, 7) is 7.08. The Hall–Kier alpha value is -0.220. The minimum atomic E-state index is 0.209. The minimum Gasteiger partial charge on any atom is -0.342 e. The van der Waals surface area contributed by atoms with Crippen LogP contribution in [0.5, 0.6) is 0 Å². The molecule has 0 spiro atoms. The van der Waals surface area contributed by atoms with E-state index < -0.39 is 0 Å². The lowest BCUT2D eigenvalue weighted by molar-refractivity contribution is -0.136. The van der Waals surface area contributed by atoms with Crippen molar-refractivity contribution in [1.29, 1.82) is 0 Å². The normalized spacial score (nSPS) is 32.3. The first-order chi connectivity index (χ1) is 8.53. The van der Waals surface area contributed by atoms with Gasteiger partial charge in [0, 0.05) is 29.5 Å². The summed E-state index contributed by atoms with van der Waals surface area (Å²) in [4.78, 5) is 14.7.